The minimum absolute atomic E-state index is 0.122. The van der Waals surface area contributed by atoms with E-state index in [0.717, 1.165) is 28.9 Å². The van der Waals surface area contributed by atoms with Crippen molar-refractivity contribution < 1.29 is 24.4 Å². The van der Waals surface area contributed by atoms with Crippen molar-refractivity contribution in [3.8, 4) is 5.75 Å². The molecule has 2 N–H and O–H groups in total. The van der Waals surface area contributed by atoms with Crippen LogP contribution in [0.4, 0.5) is 0 Å². The third kappa shape index (κ3) is 3.73. The molecule has 0 aliphatic carbocycles. The van der Waals surface area contributed by atoms with Gasteiger partial charge in [-0.15, -0.1) is 0 Å². The molecule has 0 aromatic heterocycles. The number of hydrogen-bond donors (Lipinski definition) is 2. The lowest BCUT2D eigenvalue weighted by molar-refractivity contribution is -0.302. The summed E-state index contributed by atoms with van der Waals surface area (Å²) in [6.07, 6.45) is 0.666. The summed E-state index contributed by atoms with van der Waals surface area (Å²) >= 11 is 0. The van der Waals surface area contributed by atoms with Gasteiger partial charge in [0.2, 0.25) is 0 Å². The third-order valence-electron chi connectivity index (χ3n) is 5.29. The lowest BCUT2D eigenvalue weighted by Crippen LogP contribution is -2.45. The van der Waals surface area contributed by atoms with Crippen LogP contribution in [0.5, 0.6) is 5.75 Å². The maximum absolute atomic E-state index is 10.3. The van der Waals surface area contributed by atoms with Gasteiger partial charge >= 0.3 is 0 Å². The van der Waals surface area contributed by atoms with Crippen molar-refractivity contribution in [2.75, 3.05) is 13.2 Å². The van der Waals surface area contributed by atoms with Gasteiger partial charge in [0.1, 0.15) is 5.75 Å². The molecule has 0 saturated carbocycles. The predicted molar refractivity (Wildman–Crippen MR) is 101 cm³/mol. The molecule has 3 atom stereocenters. The smallest absolute Gasteiger partial charge is 0.198 e. The van der Waals surface area contributed by atoms with Crippen molar-refractivity contribution in [1.29, 1.82) is 0 Å². The quantitative estimate of drug-likeness (QED) is 0.847. The molecule has 0 bridgehead atoms. The van der Waals surface area contributed by atoms with Crippen molar-refractivity contribution in [2.24, 2.45) is 0 Å². The van der Waals surface area contributed by atoms with Gasteiger partial charge in [-0.3, -0.25) is 0 Å². The molecule has 2 heterocycles. The minimum atomic E-state index is -0.949. The topological polar surface area (TPSA) is 68.2 Å². The highest BCUT2D eigenvalue weighted by Gasteiger charge is 2.48. The van der Waals surface area contributed by atoms with Crippen LogP contribution in [0, 0.1) is 0 Å². The monoisotopic (exact) mass is 370 g/mol. The summed E-state index contributed by atoms with van der Waals surface area (Å²) in [5, 5.41) is 19.8. The zero-order chi connectivity index (χ0) is 18.9. The average molecular weight is 370 g/mol. The van der Waals surface area contributed by atoms with Crippen LogP contribution in [0.3, 0.4) is 0 Å². The molecule has 27 heavy (non-hydrogen) atoms. The van der Waals surface area contributed by atoms with Crippen molar-refractivity contribution in [1.82, 2.24) is 0 Å². The fraction of sp³-hybridized carbons (Fsp3) is 0.455. The highest BCUT2D eigenvalue weighted by molar-refractivity contribution is 5.40. The Bertz CT molecular complexity index is 788. The molecule has 1 saturated heterocycles. The molecule has 4 rings (SSSR count). The first kappa shape index (κ1) is 18.4. The molecular weight excluding hydrogens is 344 g/mol. The van der Waals surface area contributed by atoms with Crippen LogP contribution in [-0.2, 0) is 28.3 Å². The Hall–Kier alpha value is -1.92. The molecule has 2 aliphatic heterocycles. The molecule has 5 heteroatoms. The summed E-state index contributed by atoms with van der Waals surface area (Å²) in [4.78, 5) is 0. The van der Waals surface area contributed by atoms with Crippen LogP contribution in [0.1, 0.15) is 42.0 Å². The molecular formula is C22H26O5. The van der Waals surface area contributed by atoms with Crippen LogP contribution < -0.4 is 4.74 Å². The molecule has 144 valence electrons. The number of aliphatic hydroxyl groups is 2. The SMILES string of the molecule is CCOc1ccc(Cc2ccc3c(c2)[C@]2(C[C@@H](O)C[C@@H](CO)O2)OC3)cc1. The standard InChI is InChI=1S/C22H26O5/c1-2-25-19-7-4-15(5-8-19)9-16-3-6-17-14-26-22(21(17)10-16)12-18(24)11-20(13-23)27-22/h3-8,10,18,20,23-24H,2,9,11-14H2,1H3/t18-,20-,22+/m0/s1. The van der Waals surface area contributed by atoms with E-state index in [1.165, 1.54) is 5.56 Å². The number of hydrogen-bond acceptors (Lipinski definition) is 5. The van der Waals surface area contributed by atoms with E-state index >= 15 is 0 Å². The van der Waals surface area contributed by atoms with Gasteiger partial charge in [0, 0.05) is 18.4 Å². The van der Waals surface area contributed by atoms with E-state index < -0.39 is 18.0 Å². The summed E-state index contributed by atoms with van der Waals surface area (Å²) in [7, 11) is 0. The average Bonchev–Trinajstić information content (AvgIpc) is 3.00. The first-order valence-electron chi connectivity index (χ1n) is 9.56. The van der Waals surface area contributed by atoms with Gasteiger partial charge in [0.05, 0.1) is 32.0 Å². The van der Waals surface area contributed by atoms with Crippen molar-refractivity contribution in [3.63, 3.8) is 0 Å². The molecule has 2 aromatic carbocycles. The lowest BCUT2D eigenvalue weighted by atomic mass is 9.90. The predicted octanol–water partition coefficient (Wildman–Crippen LogP) is 2.89. The van der Waals surface area contributed by atoms with Gasteiger partial charge in [-0.2, -0.15) is 0 Å². The molecule has 2 aliphatic rings. The van der Waals surface area contributed by atoms with E-state index in [2.05, 4.69) is 30.3 Å². The summed E-state index contributed by atoms with van der Waals surface area (Å²) < 4.78 is 17.6. The van der Waals surface area contributed by atoms with Gasteiger partial charge in [-0.1, -0.05) is 24.3 Å². The zero-order valence-electron chi connectivity index (χ0n) is 15.6. The molecule has 1 fully saturated rings. The molecule has 0 unspecified atom stereocenters. The maximum atomic E-state index is 10.3. The van der Waals surface area contributed by atoms with Crippen molar-refractivity contribution in [3.05, 3.63) is 64.7 Å². The lowest BCUT2D eigenvalue weighted by Gasteiger charge is -2.40. The Kier molecular flexibility index (Phi) is 5.19. The highest BCUT2D eigenvalue weighted by atomic mass is 16.7. The van der Waals surface area contributed by atoms with Crippen LogP contribution >= 0.6 is 0 Å². The first-order chi connectivity index (χ1) is 13.1. The second-order valence-electron chi connectivity index (χ2n) is 7.30. The molecule has 0 radical (unpaired) electrons. The van der Waals surface area contributed by atoms with Crippen LogP contribution in [0.25, 0.3) is 0 Å². The normalized spacial score (nSPS) is 26.9. The second-order valence-corrected chi connectivity index (χ2v) is 7.30. The van der Waals surface area contributed by atoms with Gasteiger partial charge in [0.15, 0.2) is 5.79 Å². The number of benzene rings is 2. The van der Waals surface area contributed by atoms with E-state index in [1.54, 1.807) is 0 Å². The number of aliphatic hydroxyl groups excluding tert-OH is 2. The molecule has 2 aromatic rings. The molecule has 5 nitrogen and oxygen atoms in total. The Labute approximate surface area is 159 Å². The van der Waals surface area contributed by atoms with Gasteiger partial charge in [-0.05, 0) is 48.2 Å². The van der Waals surface area contributed by atoms with Crippen LogP contribution in [0.15, 0.2) is 42.5 Å². The van der Waals surface area contributed by atoms with E-state index in [1.807, 2.05) is 19.1 Å². The zero-order valence-corrected chi connectivity index (χ0v) is 15.6. The Morgan fingerprint density at radius 2 is 1.93 bits per heavy atom. The Morgan fingerprint density at radius 1 is 1.15 bits per heavy atom. The van der Waals surface area contributed by atoms with E-state index in [9.17, 15) is 10.2 Å². The number of rotatable bonds is 5. The second kappa shape index (κ2) is 7.60. The van der Waals surface area contributed by atoms with E-state index in [-0.39, 0.29) is 6.61 Å². The Balaban J connectivity index is 1.57. The van der Waals surface area contributed by atoms with Gasteiger partial charge in [0.25, 0.3) is 0 Å². The molecule has 0 amide bonds. The van der Waals surface area contributed by atoms with Crippen LogP contribution in [-0.4, -0.2) is 35.6 Å². The molecule has 1 spiro atoms. The van der Waals surface area contributed by atoms with Crippen molar-refractivity contribution in [2.45, 2.75) is 50.8 Å². The minimum Gasteiger partial charge on any atom is -0.494 e. The largest absolute Gasteiger partial charge is 0.494 e. The van der Waals surface area contributed by atoms with Crippen LogP contribution in [0.2, 0.25) is 0 Å². The first-order valence-corrected chi connectivity index (χ1v) is 9.56. The Morgan fingerprint density at radius 3 is 2.67 bits per heavy atom. The summed E-state index contributed by atoms with van der Waals surface area (Å²) in [5.41, 5.74) is 4.41. The van der Waals surface area contributed by atoms with E-state index in [0.29, 0.717) is 26.1 Å². The number of fused-ring (bicyclic) bond motifs is 2. The van der Waals surface area contributed by atoms with Gasteiger partial charge < -0.3 is 24.4 Å². The number of ether oxygens (including phenoxy) is 3. The summed E-state index contributed by atoms with van der Waals surface area (Å²) in [6.45, 7) is 2.97. The fourth-order valence-corrected chi connectivity index (χ4v) is 4.03. The van der Waals surface area contributed by atoms with Gasteiger partial charge in [-0.25, -0.2) is 0 Å². The maximum Gasteiger partial charge on any atom is 0.198 e. The third-order valence-corrected chi connectivity index (χ3v) is 5.29. The fourth-order valence-electron chi connectivity index (χ4n) is 4.03. The summed E-state index contributed by atoms with van der Waals surface area (Å²) in [5.74, 6) is -0.0721. The summed E-state index contributed by atoms with van der Waals surface area (Å²) in [6, 6.07) is 14.4. The highest BCUT2D eigenvalue weighted by Crippen LogP contribution is 2.45. The van der Waals surface area contributed by atoms with E-state index in [4.69, 9.17) is 14.2 Å². The van der Waals surface area contributed by atoms with Crippen molar-refractivity contribution >= 4 is 0 Å².